The van der Waals surface area contributed by atoms with Crippen molar-refractivity contribution in [1.82, 2.24) is 14.3 Å². The lowest BCUT2D eigenvalue weighted by molar-refractivity contribution is -0.122. The maximum atomic E-state index is 13.7. The van der Waals surface area contributed by atoms with Crippen LogP contribution in [0, 0.1) is 0 Å². The van der Waals surface area contributed by atoms with E-state index in [2.05, 4.69) is 9.80 Å². The highest BCUT2D eigenvalue weighted by molar-refractivity contribution is 8.26. The van der Waals surface area contributed by atoms with Gasteiger partial charge in [0.1, 0.15) is 15.8 Å². The van der Waals surface area contributed by atoms with E-state index in [1.165, 1.54) is 16.2 Å². The van der Waals surface area contributed by atoms with Crippen molar-refractivity contribution >= 4 is 69.0 Å². The van der Waals surface area contributed by atoms with Crippen molar-refractivity contribution in [2.75, 3.05) is 36.0 Å². The van der Waals surface area contributed by atoms with Gasteiger partial charge in [0, 0.05) is 43.1 Å². The Morgan fingerprint density at radius 2 is 1.67 bits per heavy atom. The molecule has 4 aromatic rings. The van der Waals surface area contributed by atoms with Gasteiger partial charge in [-0.15, -0.1) is 0 Å². The Morgan fingerprint density at radius 3 is 2.44 bits per heavy atom. The van der Waals surface area contributed by atoms with E-state index in [4.69, 9.17) is 28.8 Å². The van der Waals surface area contributed by atoms with E-state index < -0.39 is 0 Å². The van der Waals surface area contributed by atoms with E-state index in [9.17, 15) is 9.59 Å². The number of pyridine rings is 1. The second kappa shape index (κ2) is 10.8. The maximum Gasteiger partial charge on any atom is 0.267 e. The lowest BCUT2D eigenvalue weighted by Gasteiger charge is -2.37. The van der Waals surface area contributed by atoms with E-state index >= 15 is 0 Å². The molecule has 0 unspecified atom stereocenters. The fraction of sp³-hybridized carbons (Fsp3) is 0.172. The third-order valence-corrected chi connectivity index (χ3v) is 8.45. The first-order valence-corrected chi connectivity index (χ1v) is 14.1. The molecule has 2 fully saturated rings. The minimum atomic E-state index is -0.221. The summed E-state index contributed by atoms with van der Waals surface area (Å²) in [6.45, 7) is 3.20. The number of carbonyl (C=O) groups excluding carboxylic acids is 1. The first kappa shape index (κ1) is 25.6. The lowest BCUT2D eigenvalue weighted by Crippen LogP contribution is -2.47. The van der Waals surface area contributed by atoms with Gasteiger partial charge in [-0.25, -0.2) is 4.98 Å². The number of thioether (sulfide) groups is 1. The summed E-state index contributed by atoms with van der Waals surface area (Å²) in [6.07, 6.45) is 3.36. The van der Waals surface area contributed by atoms with Crippen LogP contribution in [-0.2, 0) is 11.3 Å². The molecule has 39 heavy (non-hydrogen) atoms. The van der Waals surface area contributed by atoms with Gasteiger partial charge in [-0.05, 0) is 42.0 Å². The number of piperazine rings is 1. The zero-order valence-electron chi connectivity index (χ0n) is 20.9. The van der Waals surface area contributed by atoms with Crippen LogP contribution in [0.3, 0.4) is 0 Å². The largest absolute Gasteiger partial charge is 0.368 e. The average Bonchev–Trinajstić information content (AvgIpc) is 3.22. The van der Waals surface area contributed by atoms with Crippen LogP contribution in [0.4, 0.5) is 11.5 Å². The summed E-state index contributed by atoms with van der Waals surface area (Å²) in [4.78, 5) is 38.4. The molecule has 2 aliphatic rings. The van der Waals surface area contributed by atoms with Crippen molar-refractivity contribution < 1.29 is 4.79 Å². The number of benzene rings is 2. The van der Waals surface area contributed by atoms with Gasteiger partial charge >= 0.3 is 0 Å². The van der Waals surface area contributed by atoms with Gasteiger partial charge in [0.25, 0.3) is 11.5 Å². The van der Waals surface area contributed by atoms with Crippen molar-refractivity contribution in [3.05, 3.63) is 110 Å². The highest BCUT2D eigenvalue weighted by Crippen LogP contribution is 2.34. The van der Waals surface area contributed by atoms with Crippen molar-refractivity contribution in [3.63, 3.8) is 0 Å². The maximum absolute atomic E-state index is 13.7. The quantitative estimate of drug-likeness (QED) is 0.244. The number of halogens is 1. The van der Waals surface area contributed by atoms with Gasteiger partial charge < -0.3 is 9.80 Å². The molecule has 0 radical (unpaired) electrons. The Bertz CT molecular complexity index is 1670. The van der Waals surface area contributed by atoms with E-state index in [1.54, 1.807) is 23.2 Å². The van der Waals surface area contributed by atoms with Crippen LogP contribution >= 0.6 is 35.6 Å². The van der Waals surface area contributed by atoms with Crippen LogP contribution in [0.2, 0.25) is 5.02 Å². The van der Waals surface area contributed by atoms with Crippen LogP contribution in [-0.4, -0.2) is 50.7 Å². The normalized spacial score (nSPS) is 17.1. The monoisotopic (exact) mass is 573 g/mol. The summed E-state index contributed by atoms with van der Waals surface area (Å²) >= 11 is 13.0. The lowest BCUT2D eigenvalue weighted by atomic mass is 10.2. The van der Waals surface area contributed by atoms with Gasteiger partial charge in [-0.1, -0.05) is 78.0 Å². The number of rotatable bonds is 5. The van der Waals surface area contributed by atoms with Gasteiger partial charge in [-0.3, -0.25) is 18.9 Å². The highest BCUT2D eigenvalue weighted by atomic mass is 35.5. The molecule has 0 N–H and O–H groups in total. The van der Waals surface area contributed by atoms with Crippen molar-refractivity contribution in [3.8, 4) is 0 Å². The molecule has 2 aliphatic heterocycles. The van der Waals surface area contributed by atoms with E-state index in [0.29, 0.717) is 50.9 Å². The second-order valence-electron chi connectivity index (χ2n) is 9.29. The molecule has 2 aromatic heterocycles. The predicted octanol–water partition coefficient (Wildman–Crippen LogP) is 5.08. The van der Waals surface area contributed by atoms with E-state index in [0.717, 1.165) is 24.3 Å². The third-order valence-electron chi connectivity index (χ3n) is 6.83. The average molecular weight is 574 g/mol. The molecule has 2 aromatic carbocycles. The highest BCUT2D eigenvalue weighted by Gasteiger charge is 2.33. The molecule has 7 nitrogen and oxygen atoms in total. The van der Waals surface area contributed by atoms with Crippen LogP contribution < -0.4 is 15.4 Å². The fourth-order valence-corrected chi connectivity index (χ4v) is 6.26. The number of hydrogen-bond donors (Lipinski definition) is 0. The first-order chi connectivity index (χ1) is 19.0. The summed E-state index contributed by atoms with van der Waals surface area (Å²) in [5, 5.41) is 0.700. The molecule has 0 atom stereocenters. The molecular weight excluding hydrogens is 550 g/mol. The van der Waals surface area contributed by atoms with Crippen LogP contribution in [0.25, 0.3) is 11.7 Å². The van der Waals surface area contributed by atoms with Crippen molar-refractivity contribution in [2.45, 2.75) is 6.54 Å². The Kier molecular flexibility index (Phi) is 7.12. The molecule has 2 saturated heterocycles. The first-order valence-electron chi connectivity index (χ1n) is 12.5. The smallest absolute Gasteiger partial charge is 0.267 e. The summed E-state index contributed by atoms with van der Waals surface area (Å²) in [5.41, 5.74) is 2.77. The number of anilines is 2. The van der Waals surface area contributed by atoms with Gasteiger partial charge in [0.05, 0.1) is 17.0 Å². The SMILES string of the molecule is O=C1/C(=C/c2c(N3CCN(c4cccc(Cl)c4)CC3)nc3ccccn3c2=O)SC(=S)N1Cc1ccccc1. The summed E-state index contributed by atoms with van der Waals surface area (Å²) in [6, 6.07) is 23.0. The summed E-state index contributed by atoms with van der Waals surface area (Å²) in [7, 11) is 0. The van der Waals surface area contributed by atoms with Gasteiger partial charge in [0.2, 0.25) is 0 Å². The van der Waals surface area contributed by atoms with E-state index in [1.807, 2.05) is 66.7 Å². The third kappa shape index (κ3) is 5.17. The molecule has 0 saturated carbocycles. The second-order valence-corrected chi connectivity index (χ2v) is 11.4. The Balaban J connectivity index is 1.33. The molecule has 0 spiro atoms. The number of carbonyl (C=O) groups is 1. The molecule has 0 aliphatic carbocycles. The molecule has 1 amide bonds. The van der Waals surface area contributed by atoms with Crippen molar-refractivity contribution in [1.29, 1.82) is 0 Å². The van der Waals surface area contributed by atoms with Gasteiger partial charge in [0.15, 0.2) is 0 Å². The zero-order chi connectivity index (χ0) is 26.9. The zero-order valence-corrected chi connectivity index (χ0v) is 23.3. The summed E-state index contributed by atoms with van der Waals surface area (Å²) in [5.74, 6) is 0.369. The summed E-state index contributed by atoms with van der Waals surface area (Å²) < 4.78 is 1.99. The number of thiocarbonyl (C=S) groups is 1. The molecule has 10 heteroatoms. The number of hydrogen-bond acceptors (Lipinski definition) is 7. The van der Waals surface area contributed by atoms with Gasteiger partial charge in [-0.2, -0.15) is 0 Å². The molecule has 0 bridgehead atoms. The molecule has 4 heterocycles. The molecule has 6 rings (SSSR count). The number of fused-ring (bicyclic) bond motifs is 1. The Morgan fingerprint density at radius 1 is 0.923 bits per heavy atom. The Hall–Kier alpha value is -3.66. The minimum absolute atomic E-state index is 0.205. The Labute approximate surface area is 240 Å². The fourth-order valence-electron chi connectivity index (χ4n) is 4.84. The van der Waals surface area contributed by atoms with Crippen LogP contribution in [0.5, 0.6) is 0 Å². The molecular formula is C29H24ClN5O2S2. The van der Waals surface area contributed by atoms with E-state index in [-0.39, 0.29) is 11.5 Å². The number of aromatic nitrogens is 2. The number of amides is 1. The van der Waals surface area contributed by atoms with Crippen LogP contribution in [0.1, 0.15) is 11.1 Å². The van der Waals surface area contributed by atoms with Crippen LogP contribution in [0.15, 0.2) is 88.7 Å². The van der Waals surface area contributed by atoms with Crippen molar-refractivity contribution in [2.24, 2.45) is 0 Å². The predicted molar refractivity (Wildman–Crippen MR) is 162 cm³/mol. The topological polar surface area (TPSA) is 61.2 Å². The number of nitrogens with zero attached hydrogens (tertiary/aromatic N) is 5. The minimum Gasteiger partial charge on any atom is -0.368 e. The molecule has 196 valence electrons. The standard InChI is InChI=1S/C29H24ClN5O2S2/c30-21-9-6-10-22(17-21)32-13-15-33(16-14-32)26-23(27(36)34-12-5-4-11-25(34)31-26)18-24-28(37)35(29(38)39-24)19-20-7-2-1-3-8-20/h1-12,17-18H,13-16,19H2/b24-18-.